The predicted octanol–water partition coefficient (Wildman–Crippen LogP) is 3.04. The van der Waals surface area contributed by atoms with E-state index in [2.05, 4.69) is 11.8 Å². The molecule has 1 aliphatic heterocycles. The van der Waals surface area contributed by atoms with Gasteiger partial charge in [-0.15, -0.1) is 0 Å². The minimum atomic E-state index is 0.0638. The third-order valence-electron chi connectivity index (χ3n) is 5.62. The van der Waals surface area contributed by atoms with Crippen LogP contribution in [0.3, 0.4) is 0 Å². The third-order valence-corrected chi connectivity index (χ3v) is 5.62. The van der Waals surface area contributed by atoms with Crippen LogP contribution in [0.2, 0.25) is 0 Å². The maximum atomic E-state index is 12.9. The van der Waals surface area contributed by atoms with E-state index in [9.17, 15) is 4.79 Å². The first-order chi connectivity index (χ1) is 12.1. The van der Waals surface area contributed by atoms with Crippen LogP contribution in [0, 0.1) is 5.92 Å². The van der Waals surface area contributed by atoms with Crippen LogP contribution in [0.25, 0.3) is 0 Å². The van der Waals surface area contributed by atoms with Gasteiger partial charge in [-0.3, -0.25) is 9.69 Å². The molecule has 5 heteroatoms. The molecule has 0 bridgehead atoms. The topological polar surface area (TPSA) is 42.0 Å². The number of piperazine rings is 1. The summed E-state index contributed by atoms with van der Waals surface area (Å²) in [6.45, 7) is 5.91. The Morgan fingerprint density at radius 1 is 1.00 bits per heavy atom. The molecule has 2 atom stereocenters. The average Bonchev–Trinajstić information content (AvgIpc) is 2.67. The average molecular weight is 346 g/mol. The fourth-order valence-electron chi connectivity index (χ4n) is 4.14. The van der Waals surface area contributed by atoms with E-state index in [-0.39, 0.29) is 5.91 Å². The molecule has 0 spiro atoms. The van der Waals surface area contributed by atoms with Crippen LogP contribution in [0.15, 0.2) is 18.2 Å². The van der Waals surface area contributed by atoms with E-state index in [4.69, 9.17) is 9.47 Å². The number of hydrogen-bond acceptors (Lipinski definition) is 4. The zero-order valence-electron chi connectivity index (χ0n) is 15.7. The third kappa shape index (κ3) is 4.27. The SMILES string of the molecule is COc1cc(OC)cc(C(=O)N2CCN(C3CCCC(C)C3)CC2)c1. The molecule has 1 saturated heterocycles. The molecule has 1 amide bonds. The van der Waals surface area contributed by atoms with Gasteiger partial charge in [-0.1, -0.05) is 19.8 Å². The highest BCUT2D eigenvalue weighted by molar-refractivity contribution is 5.95. The summed E-state index contributed by atoms with van der Waals surface area (Å²) in [6.07, 6.45) is 5.33. The molecule has 1 saturated carbocycles. The Morgan fingerprint density at radius 2 is 1.64 bits per heavy atom. The number of methoxy groups -OCH3 is 2. The maximum absolute atomic E-state index is 12.9. The van der Waals surface area contributed by atoms with Gasteiger partial charge in [0.15, 0.2) is 0 Å². The molecule has 1 heterocycles. The fourth-order valence-corrected chi connectivity index (χ4v) is 4.14. The number of rotatable bonds is 4. The maximum Gasteiger partial charge on any atom is 0.254 e. The Labute approximate surface area is 150 Å². The molecule has 2 aliphatic rings. The van der Waals surface area contributed by atoms with Crippen LogP contribution in [0.1, 0.15) is 43.0 Å². The van der Waals surface area contributed by atoms with Crippen molar-refractivity contribution in [2.75, 3.05) is 40.4 Å². The lowest BCUT2D eigenvalue weighted by Crippen LogP contribution is -2.52. The molecule has 0 aromatic heterocycles. The number of hydrogen-bond donors (Lipinski definition) is 0. The zero-order chi connectivity index (χ0) is 17.8. The first-order valence-corrected chi connectivity index (χ1v) is 9.37. The largest absolute Gasteiger partial charge is 0.497 e. The fraction of sp³-hybridized carbons (Fsp3) is 0.650. The summed E-state index contributed by atoms with van der Waals surface area (Å²) < 4.78 is 10.6. The van der Waals surface area contributed by atoms with Crippen LogP contribution < -0.4 is 9.47 Å². The van der Waals surface area contributed by atoms with E-state index in [0.717, 1.165) is 32.1 Å². The van der Waals surface area contributed by atoms with Crippen molar-refractivity contribution in [2.45, 2.75) is 38.6 Å². The Morgan fingerprint density at radius 3 is 2.20 bits per heavy atom. The van der Waals surface area contributed by atoms with Gasteiger partial charge < -0.3 is 14.4 Å². The molecule has 1 aromatic carbocycles. The second kappa shape index (κ2) is 8.09. The van der Waals surface area contributed by atoms with E-state index in [1.807, 2.05) is 4.90 Å². The molecule has 1 aromatic rings. The number of carbonyl (C=O) groups excluding carboxylic acids is 1. The van der Waals surface area contributed by atoms with Crippen molar-refractivity contribution >= 4 is 5.91 Å². The second-order valence-electron chi connectivity index (χ2n) is 7.36. The van der Waals surface area contributed by atoms with E-state index in [1.165, 1.54) is 25.7 Å². The van der Waals surface area contributed by atoms with Crippen molar-refractivity contribution in [3.63, 3.8) is 0 Å². The molecule has 5 nitrogen and oxygen atoms in total. The Balaban J connectivity index is 1.61. The quantitative estimate of drug-likeness (QED) is 0.840. The Hall–Kier alpha value is -1.75. The molecule has 2 unspecified atom stereocenters. The number of carbonyl (C=O) groups is 1. The molecule has 1 aliphatic carbocycles. The highest BCUT2D eigenvalue weighted by Crippen LogP contribution is 2.28. The van der Waals surface area contributed by atoms with E-state index < -0.39 is 0 Å². The summed E-state index contributed by atoms with van der Waals surface area (Å²) in [5.41, 5.74) is 0.635. The Kier molecular flexibility index (Phi) is 5.84. The molecule has 25 heavy (non-hydrogen) atoms. The summed E-state index contributed by atoms with van der Waals surface area (Å²) in [6, 6.07) is 6.08. The van der Waals surface area contributed by atoms with E-state index in [0.29, 0.717) is 23.1 Å². The highest BCUT2D eigenvalue weighted by atomic mass is 16.5. The lowest BCUT2D eigenvalue weighted by atomic mass is 9.86. The van der Waals surface area contributed by atoms with Gasteiger partial charge in [0, 0.05) is 43.9 Å². The van der Waals surface area contributed by atoms with Gasteiger partial charge in [-0.25, -0.2) is 0 Å². The van der Waals surface area contributed by atoms with Crippen LogP contribution in [0.5, 0.6) is 11.5 Å². The lowest BCUT2D eigenvalue weighted by Gasteiger charge is -2.42. The van der Waals surface area contributed by atoms with Crippen molar-refractivity contribution in [1.82, 2.24) is 9.80 Å². The Bertz CT molecular complexity index is 574. The number of nitrogens with zero attached hydrogens (tertiary/aromatic N) is 2. The van der Waals surface area contributed by atoms with Crippen LogP contribution in [-0.4, -0.2) is 62.1 Å². The summed E-state index contributed by atoms with van der Waals surface area (Å²) in [4.78, 5) is 17.4. The molecule has 0 N–H and O–H groups in total. The monoisotopic (exact) mass is 346 g/mol. The van der Waals surface area contributed by atoms with Gasteiger partial charge in [0.25, 0.3) is 5.91 Å². The molecule has 0 radical (unpaired) electrons. The number of benzene rings is 1. The van der Waals surface area contributed by atoms with Crippen molar-refractivity contribution in [1.29, 1.82) is 0 Å². The van der Waals surface area contributed by atoms with Gasteiger partial charge in [0.05, 0.1) is 14.2 Å². The molecule has 2 fully saturated rings. The molecular weight excluding hydrogens is 316 g/mol. The zero-order valence-corrected chi connectivity index (χ0v) is 15.7. The van der Waals surface area contributed by atoms with Crippen molar-refractivity contribution in [2.24, 2.45) is 5.92 Å². The van der Waals surface area contributed by atoms with Crippen LogP contribution in [-0.2, 0) is 0 Å². The van der Waals surface area contributed by atoms with E-state index in [1.54, 1.807) is 32.4 Å². The van der Waals surface area contributed by atoms with E-state index >= 15 is 0 Å². The van der Waals surface area contributed by atoms with Gasteiger partial charge in [0.1, 0.15) is 11.5 Å². The molecular formula is C20H30N2O3. The molecule has 138 valence electrons. The second-order valence-corrected chi connectivity index (χ2v) is 7.36. The summed E-state index contributed by atoms with van der Waals surface area (Å²) in [5.74, 6) is 2.20. The van der Waals surface area contributed by atoms with Crippen LogP contribution >= 0.6 is 0 Å². The predicted molar refractivity (Wildman–Crippen MR) is 98.4 cm³/mol. The standard InChI is InChI=1S/C20H30N2O3/c1-15-5-4-6-17(11-15)21-7-9-22(10-8-21)20(23)16-12-18(24-2)14-19(13-16)25-3/h12-15,17H,4-11H2,1-3H3. The molecule has 3 rings (SSSR count). The van der Waals surface area contributed by atoms with Crippen molar-refractivity contribution < 1.29 is 14.3 Å². The van der Waals surface area contributed by atoms with Gasteiger partial charge in [-0.2, -0.15) is 0 Å². The summed E-state index contributed by atoms with van der Waals surface area (Å²) in [5, 5.41) is 0. The normalized spacial score (nSPS) is 24.8. The number of ether oxygens (including phenoxy) is 2. The lowest BCUT2D eigenvalue weighted by molar-refractivity contribution is 0.0488. The minimum absolute atomic E-state index is 0.0638. The van der Waals surface area contributed by atoms with Crippen LogP contribution in [0.4, 0.5) is 0 Å². The van der Waals surface area contributed by atoms with Gasteiger partial charge in [0.2, 0.25) is 0 Å². The number of amides is 1. The first kappa shape index (κ1) is 18.1. The smallest absolute Gasteiger partial charge is 0.254 e. The van der Waals surface area contributed by atoms with Gasteiger partial charge in [-0.05, 0) is 30.9 Å². The highest BCUT2D eigenvalue weighted by Gasteiger charge is 2.29. The minimum Gasteiger partial charge on any atom is -0.497 e. The summed E-state index contributed by atoms with van der Waals surface area (Å²) >= 11 is 0. The summed E-state index contributed by atoms with van der Waals surface area (Å²) in [7, 11) is 3.21. The van der Waals surface area contributed by atoms with Gasteiger partial charge >= 0.3 is 0 Å². The van der Waals surface area contributed by atoms with Crippen molar-refractivity contribution in [3.8, 4) is 11.5 Å². The van der Waals surface area contributed by atoms with Crippen molar-refractivity contribution in [3.05, 3.63) is 23.8 Å². The first-order valence-electron chi connectivity index (χ1n) is 9.37.